The van der Waals surface area contributed by atoms with E-state index in [0.717, 1.165) is 0 Å². The molecular weight excluding hydrogens is 212 g/mol. The molecule has 1 aliphatic rings. The van der Waals surface area contributed by atoms with E-state index in [4.69, 9.17) is 4.74 Å². The normalized spacial score (nSPS) is 17.0. The molecule has 0 radical (unpaired) electrons. The van der Waals surface area contributed by atoms with Crippen LogP contribution in [0, 0.1) is 0 Å². The Morgan fingerprint density at radius 3 is 2.31 bits per heavy atom. The summed E-state index contributed by atoms with van der Waals surface area (Å²) in [4.78, 5) is 26.0. The molecule has 92 valence electrons. The summed E-state index contributed by atoms with van der Waals surface area (Å²) in [5.41, 5.74) is 0. The average Bonchev–Trinajstić information content (AvgIpc) is 2.30. The Labute approximate surface area is 95.1 Å². The first-order valence-electron chi connectivity index (χ1n) is 5.38. The highest BCUT2D eigenvalue weighted by Crippen LogP contribution is 2.03. The van der Waals surface area contributed by atoms with Gasteiger partial charge in [0.1, 0.15) is 0 Å². The predicted octanol–water partition coefficient (Wildman–Crippen LogP) is -0.0665. The SMILES string of the molecule is CCOC(=O)N1CCN(CC(=O)OC)CC1. The van der Waals surface area contributed by atoms with E-state index in [1.165, 1.54) is 7.11 Å². The summed E-state index contributed by atoms with van der Waals surface area (Å²) in [6.45, 7) is 4.99. The maximum Gasteiger partial charge on any atom is 0.409 e. The number of carbonyl (C=O) groups excluding carboxylic acids is 2. The Bertz CT molecular complexity index is 249. The van der Waals surface area contributed by atoms with E-state index in [-0.39, 0.29) is 18.6 Å². The molecule has 0 bridgehead atoms. The number of methoxy groups -OCH3 is 1. The zero-order chi connectivity index (χ0) is 12.0. The van der Waals surface area contributed by atoms with Gasteiger partial charge in [-0.25, -0.2) is 4.79 Å². The first-order valence-corrected chi connectivity index (χ1v) is 5.38. The number of hydrogen-bond donors (Lipinski definition) is 0. The Balaban J connectivity index is 2.28. The van der Waals surface area contributed by atoms with E-state index < -0.39 is 0 Å². The van der Waals surface area contributed by atoms with Gasteiger partial charge in [-0.05, 0) is 6.92 Å². The molecule has 0 unspecified atom stereocenters. The van der Waals surface area contributed by atoms with Crippen LogP contribution in [0.15, 0.2) is 0 Å². The molecule has 0 aliphatic carbocycles. The van der Waals surface area contributed by atoms with Crippen LogP contribution in [-0.4, -0.2) is 68.3 Å². The number of hydrogen-bond acceptors (Lipinski definition) is 5. The lowest BCUT2D eigenvalue weighted by atomic mass is 10.3. The highest BCUT2D eigenvalue weighted by Gasteiger charge is 2.22. The Morgan fingerprint density at radius 2 is 1.81 bits per heavy atom. The summed E-state index contributed by atoms with van der Waals surface area (Å²) in [6, 6.07) is 0. The molecule has 0 atom stereocenters. The van der Waals surface area contributed by atoms with Crippen LogP contribution in [0.3, 0.4) is 0 Å². The number of piperazine rings is 1. The first-order chi connectivity index (χ1) is 7.67. The summed E-state index contributed by atoms with van der Waals surface area (Å²) in [5, 5.41) is 0. The maximum absolute atomic E-state index is 11.4. The minimum Gasteiger partial charge on any atom is -0.468 e. The van der Waals surface area contributed by atoms with Gasteiger partial charge in [0, 0.05) is 26.2 Å². The van der Waals surface area contributed by atoms with Crippen molar-refractivity contribution >= 4 is 12.1 Å². The minimum absolute atomic E-state index is 0.246. The fourth-order valence-electron chi connectivity index (χ4n) is 1.55. The molecule has 1 fully saturated rings. The van der Waals surface area contributed by atoms with Crippen molar-refractivity contribution in [2.24, 2.45) is 0 Å². The number of nitrogens with zero attached hydrogens (tertiary/aromatic N) is 2. The van der Waals surface area contributed by atoms with Crippen molar-refractivity contribution < 1.29 is 19.1 Å². The molecule has 0 saturated carbocycles. The van der Waals surface area contributed by atoms with Crippen LogP contribution < -0.4 is 0 Å². The standard InChI is InChI=1S/C10H18N2O4/c1-3-16-10(14)12-6-4-11(5-7-12)8-9(13)15-2/h3-8H2,1-2H3. The molecule has 16 heavy (non-hydrogen) atoms. The van der Waals surface area contributed by atoms with Crippen LogP contribution in [0.25, 0.3) is 0 Å². The Hall–Kier alpha value is -1.30. The van der Waals surface area contributed by atoms with Crippen LogP contribution in [-0.2, 0) is 14.3 Å². The maximum atomic E-state index is 11.4. The third-order valence-corrected chi connectivity index (χ3v) is 2.48. The van der Waals surface area contributed by atoms with Gasteiger partial charge in [-0.15, -0.1) is 0 Å². The van der Waals surface area contributed by atoms with Crippen LogP contribution in [0.5, 0.6) is 0 Å². The van der Waals surface area contributed by atoms with Gasteiger partial charge in [0.2, 0.25) is 0 Å². The number of ether oxygens (including phenoxy) is 2. The first kappa shape index (κ1) is 12.8. The van der Waals surface area contributed by atoms with E-state index >= 15 is 0 Å². The van der Waals surface area contributed by atoms with Gasteiger partial charge in [-0.2, -0.15) is 0 Å². The van der Waals surface area contributed by atoms with Gasteiger partial charge < -0.3 is 14.4 Å². The van der Waals surface area contributed by atoms with E-state index in [1.54, 1.807) is 11.8 Å². The van der Waals surface area contributed by atoms with E-state index in [1.807, 2.05) is 4.90 Å². The Morgan fingerprint density at radius 1 is 1.19 bits per heavy atom. The average molecular weight is 230 g/mol. The van der Waals surface area contributed by atoms with Crippen molar-refractivity contribution in [3.8, 4) is 0 Å². The molecule has 0 aromatic rings. The molecular formula is C10H18N2O4. The summed E-state index contributed by atoms with van der Waals surface area (Å²) >= 11 is 0. The van der Waals surface area contributed by atoms with E-state index in [2.05, 4.69) is 4.74 Å². The molecule has 0 aromatic carbocycles. The van der Waals surface area contributed by atoms with Crippen molar-refractivity contribution in [2.45, 2.75) is 6.92 Å². The second-order valence-corrected chi connectivity index (χ2v) is 3.54. The van der Waals surface area contributed by atoms with Gasteiger partial charge in [0.05, 0.1) is 20.3 Å². The second kappa shape index (κ2) is 6.32. The smallest absolute Gasteiger partial charge is 0.409 e. The monoisotopic (exact) mass is 230 g/mol. The van der Waals surface area contributed by atoms with Gasteiger partial charge in [0.15, 0.2) is 0 Å². The Kier molecular flexibility index (Phi) is 5.04. The van der Waals surface area contributed by atoms with Crippen molar-refractivity contribution in [2.75, 3.05) is 46.4 Å². The summed E-state index contributed by atoms with van der Waals surface area (Å²) in [6.07, 6.45) is -0.278. The van der Waals surface area contributed by atoms with Crippen molar-refractivity contribution in [1.82, 2.24) is 9.80 Å². The van der Waals surface area contributed by atoms with Gasteiger partial charge >= 0.3 is 12.1 Å². The van der Waals surface area contributed by atoms with Gasteiger partial charge in [-0.1, -0.05) is 0 Å². The quantitative estimate of drug-likeness (QED) is 0.635. The third kappa shape index (κ3) is 3.69. The zero-order valence-corrected chi connectivity index (χ0v) is 9.77. The van der Waals surface area contributed by atoms with E-state index in [0.29, 0.717) is 32.8 Å². The number of rotatable bonds is 3. The highest BCUT2D eigenvalue weighted by molar-refractivity contribution is 5.71. The zero-order valence-electron chi connectivity index (χ0n) is 9.77. The molecule has 1 aliphatic heterocycles. The summed E-state index contributed by atoms with van der Waals surface area (Å²) in [7, 11) is 1.37. The number of amides is 1. The van der Waals surface area contributed by atoms with Crippen molar-refractivity contribution in [3.05, 3.63) is 0 Å². The fraction of sp³-hybridized carbons (Fsp3) is 0.800. The molecule has 0 spiro atoms. The van der Waals surface area contributed by atoms with E-state index in [9.17, 15) is 9.59 Å². The lowest BCUT2D eigenvalue weighted by molar-refractivity contribution is -0.142. The van der Waals surface area contributed by atoms with Gasteiger partial charge in [0.25, 0.3) is 0 Å². The number of carbonyl (C=O) groups is 2. The van der Waals surface area contributed by atoms with Crippen molar-refractivity contribution in [3.63, 3.8) is 0 Å². The molecule has 6 heteroatoms. The summed E-state index contributed by atoms with van der Waals surface area (Å²) < 4.78 is 9.48. The second-order valence-electron chi connectivity index (χ2n) is 3.54. The van der Waals surface area contributed by atoms with Crippen LogP contribution >= 0.6 is 0 Å². The highest BCUT2D eigenvalue weighted by atomic mass is 16.6. The van der Waals surface area contributed by atoms with Gasteiger partial charge in [-0.3, -0.25) is 9.69 Å². The third-order valence-electron chi connectivity index (χ3n) is 2.48. The lowest BCUT2D eigenvalue weighted by Gasteiger charge is -2.33. The molecule has 1 amide bonds. The molecule has 1 heterocycles. The number of esters is 1. The molecule has 6 nitrogen and oxygen atoms in total. The fourth-order valence-corrected chi connectivity index (χ4v) is 1.55. The summed E-state index contributed by atoms with van der Waals surface area (Å²) in [5.74, 6) is -0.246. The lowest BCUT2D eigenvalue weighted by Crippen LogP contribution is -2.50. The van der Waals surface area contributed by atoms with Crippen LogP contribution in [0.1, 0.15) is 6.92 Å². The molecule has 1 rings (SSSR count). The van der Waals surface area contributed by atoms with Crippen molar-refractivity contribution in [1.29, 1.82) is 0 Å². The molecule has 0 N–H and O–H groups in total. The van der Waals surface area contributed by atoms with Crippen LogP contribution in [0.4, 0.5) is 4.79 Å². The molecule has 1 saturated heterocycles. The minimum atomic E-state index is -0.278. The topological polar surface area (TPSA) is 59.1 Å². The largest absolute Gasteiger partial charge is 0.468 e. The van der Waals surface area contributed by atoms with Crippen LogP contribution in [0.2, 0.25) is 0 Å². The predicted molar refractivity (Wildman–Crippen MR) is 57.1 cm³/mol. The molecule has 0 aromatic heterocycles.